The van der Waals surface area contributed by atoms with E-state index in [0.29, 0.717) is 0 Å². The minimum atomic E-state index is -0.236. The molecule has 2 bridgehead atoms. The van der Waals surface area contributed by atoms with Crippen LogP contribution in [-0.2, 0) is 0 Å². The number of carbonyl (C=O) groups excluding carboxylic acids is 1. The van der Waals surface area contributed by atoms with Crippen LogP contribution in [0.25, 0.3) is 0 Å². The Morgan fingerprint density at radius 1 is 1.35 bits per heavy atom. The van der Waals surface area contributed by atoms with E-state index >= 15 is 0 Å². The van der Waals surface area contributed by atoms with Crippen molar-refractivity contribution in [3.8, 4) is 0 Å². The SMILES string of the molecule is CC(C)n1cc(Br)cc1C(=O)N1C2CCC1CC(O)C2. The number of aliphatic hydroxyl groups is 1. The van der Waals surface area contributed by atoms with Gasteiger partial charge in [0.2, 0.25) is 0 Å². The molecule has 0 radical (unpaired) electrons. The Labute approximate surface area is 127 Å². The summed E-state index contributed by atoms with van der Waals surface area (Å²) in [6, 6.07) is 2.59. The lowest BCUT2D eigenvalue weighted by Crippen LogP contribution is -2.48. The number of halogens is 1. The molecule has 20 heavy (non-hydrogen) atoms. The zero-order valence-corrected chi connectivity index (χ0v) is 13.5. The fourth-order valence-corrected chi connectivity index (χ4v) is 4.09. The standard InChI is InChI=1S/C15H21BrN2O2/c1-9(2)17-8-10(16)5-14(17)15(20)18-11-3-4-12(18)7-13(19)6-11/h5,8-9,11-13,19H,3-4,6-7H2,1-2H3. The maximum absolute atomic E-state index is 12.9. The molecule has 1 aromatic heterocycles. The first kappa shape index (κ1) is 14.1. The van der Waals surface area contributed by atoms with Gasteiger partial charge >= 0.3 is 0 Å². The van der Waals surface area contributed by atoms with E-state index in [1.165, 1.54) is 0 Å². The van der Waals surface area contributed by atoms with Crippen molar-refractivity contribution in [2.24, 2.45) is 0 Å². The van der Waals surface area contributed by atoms with Crippen LogP contribution in [0, 0.1) is 0 Å². The van der Waals surface area contributed by atoms with Crippen LogP contribution in [0.2, 0.25) is 0 Å². The van der Waals surface area contributed by atoms with Crippen LogP contribution >= 0.6 is 15.9 Å². The minimum Gasteiger partial charge on any atom is -0.393 e. The minimum absolute atomic E-state index is 0.115. The smallest absolute Gasteiger partial charge is 0.271 e. The summed E-state index contributed by atoms with van der Waals surface area (Å²) in [5.41, 5.74) is 0.750. The van der Waals surface area contributed by atoms with E-state index in [0.717, 1.165) is 35.8 Å². The highest BCUT2D eigenvalue weighted by atomic mass is 79.9. The van der Waals surface area contributed by atoms with Crippen LogP contribution in [0.1, 0.15) is 56.1 Å². The lowest BCUT2D eigenvalue weighted by Gasteiger charge is -2.37. The predicted octanol–water partition coefficient (Wildman–Crippen LogP) is 2.96. The average molecular weight is 341 g/mol. The van der Waals surface area contributed by atoms with Crippen LogP contribution in [-0.4, -0.2) is 38.7 Å². The maximum Gasteiger partial charge on any atom is 0.271 e. The molecule has 2 saturated heterocycles. The lowest BCUT2D eigenvalue weighted by molar-refractivity contribution is 0.0278. The molecule has 1 aromatic rings. The summed E-state index contributed by atoms with van der Waals surface area (Å²) in [5.74, 6) is 0.115. The fraction of sp³-hybridized carbons (Fsp3) is 0.667. The summed E-state index contributed by atoms with van der Waals surface area (Å²) in [7, 11) is 0. The van der Waals surface area contributed by atoms with Crippen LogP contribution in [0.3, 0.4) is 0 Å². The molecule has 3 rings (SSSR count). The Morgan fingerprint density at radius 2 is 1.95 bits per heavy atom. The molecule has 3 heterocycles. The van der Waals surface area contributed by atoms with Gasteiger partial charge in [0.05, 0.1) is 6.10 Å². The number of piperidine rings is 1. The molecular formula is C15H21BrN2O2. The molecule has 2 aliphatic rings. The quantitative estimate of drug-likeness (QED) is 0.899. The topological polar surface area (TPSA) is 45.5 Å². The third-order valence-corrected chi connectivity index (χ3v) is 4.97. The lowest BCUT2D eigenvalue weighted by atomic mass is 9.99. The number of nitrogens with zero attached hydrogens (tertiary/aromatic N) is 2. The number of carbonyl (C=O) groups is 1. The average Bonchev–Trinajstić information content (AvgIpc) is 2.88. The normalized spacial score (nSPS) is 29.2. The van der Waals surface area contributed by atoms with Gasteiger partial charge in [-0.25, -0.2) is 0 Å². The zero-order valence-electron chi connectivity index (χ0n) is 11.9. The van der Waals surface area contributed by atoms with Crippen LogP contribution in [0.15, 0.2) is 16.7 Å². The molecule has 0 saturated carbocycles. The molecule has 0 spiro atoms. The van der Waals surface area contributed by atoms with Crippen LogP contribution in [0.5, 0.6) is 0 Å². The number of aliphatic hydroxyl groups excluding tert-OH is 1. The number of hydrogen-bond acceptors (Lipinski definition) is 2. The van der Waals surface area contributed by atoms with Crippen LogP contribution < -0.4 is 0 Å². The van der Waals surface area contributed by atoms with Crippen molar-refractivity contribution < 1.29 is 9.90 Å². The Kier molecular flexibility index (Phi) is 3.67. The molecule has 110 valence electrons. The van der Waals surface area contributed by atoms with Crippen LogP contribution in [0.4, 0.5) is 0 Å². The molecule has 1 N–H and O–H groups in total. The van der Waals surface area contributed by atoms with Gasteiger partial charge in [-0.15, -0.1) is 0 Å². The summed E-state index contributed by atoms with van der Waals surface area (Å²) >= 11 is 3.47. The van der Waals surface area contributed by atoms with Gasteiger partial charge < -0.3 is 14.6 Å². The van der Waals surface area contributed by atoms with Gasteiger partial charge in [-0.3, -0.25) is 4.79 Å². The van der Waals surface area contributed by atoms with Gasteiger partial charge in [0.25, 0.3) is 5.91 Å². The molecule has 1 amide bonds. The van der Waals surface area contributed by atoms with E-state index in [1.54, 1.807) is 0 Å². The second-order valence-electron chi connectivity index (χ2n) is 6.27. The molecular weight excluding hydrogens is 320 g/mol. The van der Waals surface area contributed by atoms with E-state index in [9.17, 15) is 9.90 Å². The van der Waals surface area contributed by atoms with Gasteiger partial charge in [-0.05, 0) is 61.5 Å². The first-order valence-corrected chi connectivity index (χ1v) is 8.14. The van der Waals surface area contributed by atoms with E-state index in [1.807, 2.05) is 21.7 Å². The van der Waals surface area contributed by atoms with Crippen molar-refractivity contribution in [1.29, 1.82) is 0 Å². The number of hydrogen-bond donors (Lipinski definition) is 1. The highest BCUT2D eigenvalue weighted by Gasteiger charge is 2.43. The Morgan fingerprint density at radius 3 is 2.50 bits per heavy atom. The summed E-state index contributed by atoms with van der Waals surface area (Å²) in [6.45, 7) is 4.16. The number of rotatable bonds is 2. The van der Waals surface area contributed by atoms with Crippen molar-refractivity contribution in [3.63, 3.8) is 0 Å². The summed E-state index contributed by atoms with van der Waals surface area (Å²) < 4.78 is 2.97. The van der Waals surface area contributed by atoms with Crippen molar-refractivity contribution >= 4 is 21.8 Å². The largest absolute Gasteiger partial charge is 0.393 e. The molecule has 2 unspecified atom stereocenters. The molecule has 2 aliphatic heterocycles. The Balaban J connectivity index is 1.90. The molecule has 4 nitrogen and oxygen atoms in total. The fourth-order valence-electron chi connectivity index (χ4n) is 3.66. The second kappa shape index (κ2) is 5.19. The summed E-state index contributed by atoms with van der Waals surface area (Å²) in [4.78, 5) is 14.9. The number of aromatic nitrogens is 1. The maximum atomic E-state index is 12.9. The van der Waals surface area contributed by atoms with Crippen molar-refractivity contribution in [3.05, 3.63) is 22.4 Å². The van der Waals surface area contributed by atoms with Crippen molar-refractivity contribution in [1.82, 2.24) is 9.47 Å². The molecule has 0 aromatic carbocycles. The van der Waals surface area contributed by atoms with Gasteiger partial charge in [-0.2, -0.15) is 0 Å². The van der Waals surface area contributed by atoms with Gasteiger partial charge in [-0.1, -0.05) is 0 Å². The van der Waals surface area contributed by atoms with Crippen molar-refractivity contribution in [2.75, 3.05) is 0 Å². The van der Waals surface area contributed by atoms with E-state index in [2.05, 4.69) is 29.8 Å². The second-order valence-corrected chi connectivity index (χ2v) is 7.18. The first-order valence-electron chi connectivity index (χ1n) is 7.35. The van der Waals surface area contributed by atoms with E-state index < -0.39 is 0 Å². The highest BCUT2D eigenvalue weighted by molar-refractivity contribution is 9.10. The monoisotopic (exact) mass is 340 g/mol. The number of fused-ring (bicyclic) bond motifs is 2. The first-order chi connectivity index (χ1) is 9.47. The van der Waals surface area contributed by atoms with Crippen molar-refractivity contribution in [2.45, 2.75) is 63.8 Å². The van der Waals surface area contributed by atoms with E-state index in [-0.39, 0.29) is 30.1 Å². The number of amides is 1. The summed E-state index contributed by atoms with van der Waals surface area (Å²) in [6.07, 6.45) is 5.24. The molecule has 2 fully saturated rings. The van der Waals surface area contributed by atoms with E-state index in [4.69, 9.17) is 0 Å². The highest BCUT2D eigenvalue weighted by Crippen LogP contribution is 2.37. The zero-order chi connectivity index (χ0) is 14.4. The third-order valence-electron chi connectivity index (χ3n) is 4.53. The molecule has 0 aliphatic carbocycles. The molecule has 2 atom stereocenters. The van der Waals surface area contributed by atoms with Gasteiger partial charge in [0, 0.05) is 28.8 Å². The predicted molar refractivity (Wildman–Crippen MR) is 80.7 cm³/mol. The third kappa shape index (κ3) is 2.31. The Bertz CT molecular complexity index is 512. The van der Waals surface area contributed by atoms with Gasteiger partial charge in [0.15, 0.2) is 0 Å². The molecule has 5 heteroatoms. The Hall–Kier alpha value is -0.810. The van der Waals surface area contributed by atoms with Gasteiger partial charge in [0.1, 0.15) is 5.69 Å². The summed E-state index contributed by atoms with van der Waals surface area (Å²) in [5, 5.41) is 9.86.